The molecule has 35 heavy (non-hydrogen) atoms. The first-order valence-electron chi connectivity index (χ1n) is 12.1. The highest BCUT2D eigenvalue weighted by Gasteiger charge is 2.23. The summed E-state index contributed by atoms with van der Waals surface area (Å²) < 4.78 is 15.4. The molecule has 1 saturated heterocycles. The minimum absolute atomic E-state index is 0.0745. The minimum Gasteiger partial charge on any atom is -0.349 e. The van der Waals surface area contributed by atoms with Gasteiger partial charge in [0.05, 0.1) is 24.5 Å². The Hall–Kier alpha value is -3.52. The van der Waals surface area contributed by atoms with Crippen molar-refractivity contribution in [2.45, 2.75) is 26.8 Å². The highest BCUT2D eigenvalue weighted by Crippen LogP contribution is 2.16. The number of piperazine rings is 1. The molecule has 2 amide bonds. The zero-order valence-electron chi connectivity index (χ0n) is 20.3. The number of carbonyl (C=O) groups excluding carboxylic acids is 2. The van der Waals surface area contributed by atoms with Gasteiger partial charge in [-0.2, -0.15) is 5.10 Å². The van der Waals surface area contributed by atoms with E-state index in [2.05, 4.69) is 25.2 Å². The number of benzene rings is 2. The average Bonchev–Trinajstić information content (AvgIpc) is 3.25. The van der Waals surface area contributed by atoms with Gasteiger partial charge in [0.25, 0.3) is 5.91 Å². The van der Waals surface area contributed by atoms with Crippen LogP contribution in [0.25, 0.3) is 5.69 Å². The maximum Gasteiger partial charge on any atom is 0.254 e. The van der Waals surface area contributed by atoms with E-state index >= 15 is 0 Å². The largest absolute Gasteiger partial charge is 0.349 e. The van der Waals surface area contributed by atoms with Crippen molar-refractivity contribution in [1.82, 2.24) is 24.9 Å². The first kappa shape index (κ1) is 24.6. The molecule has 0 bridgehead atoms. The molecule has 0 radical (unpaired) electrons. The van der Waals surface area contributed by atoms with E-state index in [9.17, 15) is 14.0 Å². The topological polar surface area (TPSA) is 70.5 Å². The lowest BCUT2D eigenvalue weighted by atomic mass is 10.1. The van der Waals surface area contributed by atoms with Crippen molar-refractivity contribution in [2.75, 3.05) is 32.7 Å². The number of hydrogen-bond donors (Lipinski definition) is 1. The summed E-state index contributed by atoms with van der Waals surface area (Å²) in [5.41, 5.74) is 3.30. The molecule has 0 unspecified atom stereocenters. The lowest BCUT2D eigenvalue weighted by Gasteiger charge is -2.34. The van der Waals surface area contributed by atoms with Gasteiger partial charge in [0.15, 0.2) is 0 Å². The molecule has 1 aliphatic rings. The predicted octanol–water partition coefficient (Wildman–Crippen LogP) is 3.28. The third-order valence-electron chi connectivity index (χ3n) is 6.02. The van der Waals surface area contributed by atoms with E-state index in [0.717, 1.165) is 23.5 Å². The lowest BCUT2D eigenvalue weighted by Crippen LogP contribution is -2.51. The van der Waals surface area contributed by atoms with Crippen LogP contribution in [-0.4, -0.2) is 64.1 Å². The highest BCUT2D eigenvalue weighted by atomic mass is 19.1. The predicted molar refractivity (Wildman–Crippen MR) is 133 cm³/mol. The molecule has 3 aromatic rings. The van der Waals surface area contributed by atoms with Gasteiger partial charge in [-0.1, -0.05) is 38.1 Å². The Bertz CT molecular complexity index is 1150. The van der Waals surface area contributed by atoms with Gasteiger partial charge in [0.2, 0.25) is 5.91 Å². The van der Waals surface area contributed by atoms with Gasteiger partial charge in [-0.05, 0) is 48.7 Å². The Labute approximate surface area is 205 Å². The summed E-state index contributed by atoms with van der Waals surface area (Å²) in [6.45, 7) is 7.17. The molecule has 0 atom stereocenters. The molecule has 0 spiro atoms. The number of carbonyl (C=O) groups is 2. The Kier molecular flexibility index (Phi) is 7.92. The monoisotopic (exact) mass is 477 g/mol. The van der Waals surface area contributed by atoms with Crippen molar-refractivity contribution in [2.24, 2.45) is 5.92 Å². The molecule has 4 rings (SSSR count). The van der Waals surface area contributed by atoms with Crippen LogP contribution in [0.4, 0.5) is 4.39 Å². The number of nitrogens with one attached hydrogen (secondary N) is 1. The zero-order valence-corrected chi connectivity index (χ0v) is 20.3. The normalized spacial score (nSPS) is 14.3. The summed E-state index contributed by atoms with van der Waals surface area (Å²) in [4.78, 5) is 28.9. The molecule has 1 aromatic heterocycles. The number of para-hydroxylation sites is 1. The van der Waals surface area contributed by atoms with E-state index in [0.29, 0.717) is 44.2 Å². The van der Waals surface area contributed by atoms with Gasteiger partial charge in [-0.15, -0.1) is 0 Å². The van der Waals surface area contributed by atoms with Crippen LogP contribution >= 0.6 is 0 Å². The number of nitrogens with zero attached hydrogens (tertiary/aromatic N) is 4. The standard InChI is InChI=1S/C27H32FN5O2/c1-20(2)15-25-17-23(30-33(25)24-9-4-3-5-10-24)18-29-26(34)19-31-11-13-32(14-12-31)27(35)21-7-6-8-22(28)16-21/h3-10,16-17,20H,11-15,18-19H2,1-2H3,(H,29,34). The number of rotatable bonds is 8. The van der Waals surface area contributed by atoms with Crippen LogP contribution in [0.5, 0.6) is 0 Å². The summed E-state index contributed by atoms with van der Waals surface area (Å²) in [5, 5.41) is 7.71. The van der Waals surface area contributed by atoms with Crippen molar-refractivity contribution in [3.63, 3.8) is 0 Å². The third kappa shape index (κ3) is 6.54. The Balaban J connectivity index is 1.28. The van der Waals surface area contributed by atoms with Gasteiger partial charge in [0.1, 0.15) is 5.82 Å². The first-order chi connectivity index (χ1) is 16.9. The van der Waals surface area contributed by atoms with Gasteiger partial charge in [-0.3, -0.25) is 14.5 Å². The van der Waals surface area contributed by atoms with Crippen LogP contribution < -0.4 is 5.32 Å². The van der Waals surface area contributed by atoms with Gasteiger partial charge >= 0.3 is 0 Å². The van der Waals surface area contributed by atoms with E-state index < -0.39 is 5.82 Å². The third-order valence-corrected chi connectivity index (χ3v) is 6.02. The van der Waals surface area contributed by atoms with E-state index in [1.165, 1.54) is 18.2 Å². The van der Waals surface area contributed by atoms with E-state index in [-0.39, 0.29) is 18.4 Å². The Morgan fingerprint density at radius 2 is 1.74 bits per heavy atom. The van der Waals surface area contributed by atoms with E-state index in [1.54, 1.807) is 11.0 Å². The fourth-order valence-corrected chi connectivity index (χ4v) is 4.28. The maximum atomic E-state index is 13.4. The van der Waals surface area contributed by atoms with Crippen LogP contribution in [-0.2, 0) is 17.8 Å². The quantitative estimate of drug-likeness (QED) is 0.541. The molecule has 2 aromatic carbocycles. The maximum absolute atomic E-state index is 13.4. The highest BCUT2D eigenvalue weighted by molar-refractivity contribution is 5.94. The molecule has 1 fully saturated rings. The summed E-state index contributed by atoms with van der Waals surface area (Å²) >= 11 is 0. The number of aromatic nitrogens is 2. The fourth-order valence-electron chi connectivity index (χ4n) is 4.28. The van der Waals surface area contributed by atoms with E-state index in [4.69, 9.17) is 5.10 Å². The smallest absolute Gasteiger partial charge is 0.254 e. The van der Waals surface area contributed by atoms with Crippen LogP contribution in [0, 0.1) is 11.7 Å². The average molecular weight is 478 g/mol. The minimum atomic E-state index is -0.420. The molecule has 7 nitrogen and oxygen atoms in total. The molecular weight excluding hydrogens is 445 g/mol. The van der Waals surface area contributed by atoms with Crippen molar-refractivity contribution in [1.29, 1.82) is 0 Å². The lowest BCUT2D eigenvalue weighted by molar-refractivity contribution is -0.122. The van der Waals surface area contributed by atoms with Gasteiger partial charge in [0, 0.05) is 37.4 Å². The summed E-state index contributed by atoms with van der Waals surface area (Å²) in [6, 6.07) is 17.8. The Morgan fingerprint density at radius 1 is 1.00 bits per heavy atom. The van der Waals surface area contributed by atoms with Crippen LogP contribution in [0.1, 0.15) is 35.6 Å². The molecule has 8 heteroatoms. The van der Waals surface area contributed by atoms with E-state index in [1.807, 2.05) is 39.9 Å². The molecular formula is C27H32FN5O2. The van der Waals surface area contributed by atoms with Crippen molar-refractivity contribution in [3.05, 3.63) is 83.4 Å². The van der Waals surface area contributed by atoms with Crippen LogP contribution in [0.2, 0.25) is 0 Å². The van der Waals surface area contributed by atoms with Crippen LogP contribution in [0.15, 0.2) is 60.7 Å². The first-order valence-corrected chi connectivity index (χ1v) is 12.1. The van der Waals surface area contributed by atoms with Crippen molar-refractivity contribution in [3.8, 4) is 5.69 Å². The molecule has 1 aliphatic heterocycles. The number of hydrogen-bond acceptors (Lipinski definition) is 4. The summed E-state index contributed by atoms with van der Waals surface area (Å²) in [7, 11) is 0. The number of amides is 2. The second kappa shape index (κ2) is 11.3. The van der Waals surface area contributed by atoms with Crippen molar-refractivity contribution < 1.29 is 14.0 Å². The molecule has 2 heterocycles. The second-order valence-electron chi connectivity index (χ2n) is 9.33. The molecule has 0 aliphatic carbocycles. The SMILES string of the molecule is CC(C)Cc1cc(CNC(=O)CN2CCN(C(=O)c3cccc(F)c3)CC2)nn1-c1ccccc1. The molecule has 184 valence electrons. The fraction of sp³-hybridized carbons (Fsp3) is 0.370. The second-order valence-corrected chi connectivity index (χ2v) is 9.33. The Morgan fingerprint density at radius 3 is 2.43 bits per heavy atom. The van der Waals surface area contributed by atoms with Crippen molar-refractivity contribution >= 4 is 11.8 Å². The number of halogens is 1. The van der Waals surface area contributed by atoms with Gasteiger partial charge in [-0.25, -0.2) is 9.07 Å². The summed E-state index contributed by atoms with van der Waals surface area (Å²) in [6.07, 6.45) is 0.897. The summed E-state index contributed by atoms with van der Waals surface area (Å²) in [5.74, 6) is -0.187. The van der Waals surface area contributed by atoms with Gasteiger partial charge < -0.3 is 10.2 Å². The van der Waals surface area contributed by atoms with Crippen LogP contribution in [0.3, 0.4) is 0 Å². The zero-order chi connectivity index (χ0) is 24.8. The molecule has 1 N–H and O–H groups in total. The molecule has 0 saturated carbocycles.